The summed E-state index contributed by atoms with van der Waals surface area (Å²) in [5.41, 5.74) is 0.266. The second-order valence-electron chi connectivity index (χ2n) is 3.08. The summed E-state index contributed by atoms with van der Waals surface area (Å²) < 4.78 is 5.09. The molecule has 0 radical (unpaired) electrons. The topological polar surface area (TPSA) is 63.6 Å². The largest absolute Gasteiger partial charge is 0.478 e. The van der Waals surface area contributed by atoms with E-state index in [0.29, 0.717) is 13.0 Å². The molecule has 0 aromatic rings. The van der Waals surface area contributed by atoms with Gasteiger partial charge in [0, 0.05) is 18.1 Å². The third-order valence-corrected chi connectivity index (χ3v) is 2.12. The van der Waals surface area contributed by atoms with E-state index in [1.165, 1.54) is 6.92 Å². The molecule has 0 aromatic carbocycles. The van der Waals surface area contributed by atoms with Gasteiger partial charge in [0.2, 0.25) is 0 Å². The third kappa shape index (κ3) is 2.39. The van der Waals surface area contributed by atoms with Gasteiger partial charge in [0.1, 0.15) is 12.4 Å². The molecule has 4 heteroatoms. The standard InChI is InChI=1S/C9H12O4/c1-6(9(11)12)4-7-2-3-13-8(7)5-10/h4-5,7-8H,2-3H2,1H3,(H,11,12). The van der Waals surface area contributed by atoms with Gasteiger partial charge in [0.25, 0.3) is 0 Å². The summed E-state index contributed by atoms with van der Waals surface area (Å²) in [6, 6.07) is 0. The van der Waals surface area contributed by atoms with Crippen molar-refractivity contribution in [3.8, 4) is 0 Å². The predicted molar refractivity (Wildman–Crippen MR) is 45.3 cm³/mol. The van der Waals surface area contributed by atoms with E-state index in [9.17, 15) is 9.59 Å². The minimum Gasteiger partial charge on any atom is -0.478 e. The van der Waals surface area contributed by atoms with Crippen molar-refractivity contribution >= 4 is 12.3 Å². The average Bonchev–Trinajstić information content (AvgIpc) is 2.51. The Hall–Kier alpha value is -1.16. The lowest BCUT2D eigenvalue weighted by atomic mass is 9.99. The molecule has 0 saturated carbocycles. The van der Waals surface area contributed by atoms with Crippen LogP contribution in [0, 0.1) is 5.92 Å². The van der Waals surface area contributed by atoms with E-state index < -0.39 is 12.1 Å². The Morgan fingerprint density at radius 1 is 1.62 bits per heavy atom. The van der Waals surface area contributed by atoms with Crippen molar-refractivity contribution < 1.29 is 19.4 Å². The van der Waals surface area contributed by atoms with Crippen LogP contribution < -0.4 is 0 Å². The summed E-state index contributed by atoms with van der Waals surface area (Å²) in [4.78, 5) is 21.0. The van der Waals surface area contributed by atoms with Gasteiger partial charge in [-0.25, -0.2) is 4.79 Å². The molecule has 1 aliphatic heterocycles. The van der Waals surface area contributed by atoms with Crippen molar-refractivity contribution in [2.45, 2.75) is 19.4 Å². The van der Waals surface area contributed by atoms with E-state index in [1.807, 2.05) is 0 Å². The van der Waals surface area contributed by atoms with Crippen LogP contribution in [0.25, 0.3) is 0 Å². The van der Waals surface area contributed by atoms with Gasteiger partial charge in [-0.15, -0.1) is 0 Å². The minimum absolute atomic E-state index is 0.0754. The second-order valence-corrected chi connectivity index (χ2v) is 3.08. The molecule has 2 atom stereocenters. The number of carbonyl (C=O) groups excluding carboxylic acids is 1. The first-order valence-corrected chi connectivity index (χ1v) is 4.13. The first-order valence-electron chi connectivity index (χ1n) is 4.13. The summed E-state index contributed by atoms with van der Waals surface area (Å²) >= 11 is 0. The Morgan fingerprint density at radius 2 is 2.31 bits per heavy atom. The van der Waals surface area contributed by atoms with Crippen LogP contribution in [0.3, 0.4) is 0 Å². The molecular formula is C9H12O4. The Labute approximate surface area is 76.2 Å². The highest BCUT2D eigenvalue weighted by molar-refractivity contribution is 5.85. The van der Waals surface area contributed by atoms with Gasteiger partial charge >= 0.3 is 5.97 Å². The van der Waals surface area contributed by atoms with E-state index in [4.69, 9.17) is 9.84 Å². The van der Waals surface area contributed by atoms with Crippen LogP contribution in [0.5, 0.6) is 0 Å². The summed E-state index contributed by atoms with van der Waals surface area (Å²) in [5.74, 6) is -1.02. The number of carbonyl (C=O) groups is 2. The molecule has 0 bridgehead atoms. The maximum absolute atomic E-state index is 10.5. The second kappa shape index (κ2) is 4.18. The first-order chi connectivity index (χ1) is 6.15. The summed E-state index contributed by atoms with van der Waals surface area (Å²) in [6.07, 6.45) is 2.57. The molecule has 0 aliphatic carbocycles. The van der Waals surface area contributed by atoms with Gasteiger partial charge in [0.05, 0.1) is 0 Å². The van der Waals surface area contributed by atoms with Crippen molar-refractivity contribution in [2.24, 2.45) is 5.92 Å². The highest BCUT2D eigenvalue weighted by atomic mass is 16.5. The molecule has 1 aliphatic rings. The lowest BCUT2D eigenvalue weighted by molar-refractivity contribution is -0.132. The molecule has 0 aromatic heterocycles. The van der Waals surface area contributed by atoms with Gasteiger partial charge in [-0.1, -0.05) is 6.08 Å². The summed E-state index contributed by atoms with van der Waals surface area (Å²) in [7, 11) is 0. The minimum atomic E-state index is -0.948. The fourth-order valence-corrected chi connectivity index (χ4v) is 1.34. The number of aliphatic carboxylic acids is 1. The highest BCUT2D eigenvalue weighted by Crippen LogP contribution is 2.21. The van der Waals surface area contributed by atoms with Crippen molar-refractivity contribution in [3.63, 3.8) is 0 Å². The van der Waals surface area contributed by atoms with E-state index in [-0.39, 0.29) is 11.5 Å². The fraction of sp³-hybridized carbons (Fsp3) is 0.556. The van der Waals surface area contributed by atoms with Crippen molar-refractivity contribution in [1.82, 2.24) is 0 Å². The Morgan fingerprint density at radius 3 is 2.85 bits per heavy atom. The molecular weight excluding hydrogens is 172 g/mol. The number of aldehydes is 1. The highest BCUT2D eigenvalue weighted by Gasteiger charge is 2.26. The Balaban J connectivity index is 2.66. The zero-order valence-corrected chi connectivity index (χ0v) is 7.40. The number of hydrogen-bond acceptors (Lipinski definition) is 3. The smallest absolute Gasteiger partial charge is 0.330 e. The molecule has 1 rings (SSSR count). The van der Waals surface area contributed by atoms with Crippen LogP contribution in [-0.4, -0.2) is 30.1 Å². The van der Waals surface area contributed by atoms with E-state index in [2.05, 4.69) is 0 Å². The quantitative estimate of drug-likeness (QED) is 0.516. The molecule has 0 spiro atoms. The normalized spacial score (nSPS) is 28.8. The summed E-state index contributed by atoms with van der Waals surface area (Å²) in [5, 5.41) is 8.60. The van der Waals surface area contributed by atoms with Crippen LogP contribution in [0.15, 0.2) is 11.6 Å². The van der Waals surface area contributed by atoms with Crippen LogP contribution >= 0.6 is 0 Å². The monoisotopic (exact) mass is 184 g/mol. The maximum atomic E-state index is 10.5. The third-order valence-electron chi connectivity index (χ3n) is 2.12. The molecule has 1 saturated heterocycles. The van der Waals surface area contributed by atoms with E-state index >= 15 is 0 Å². The lowest BCUT2D eigenvalue weighted by Crippen LogP contribution is -2.16. The molecule has 2 unspecified atom stereocenters. The molecule has 13 heavy (non-hydrogen) atoms. The van der Waals surface area contributed by atoms with Gasteiger partial charge in [-0.3, -0.25) is 0 Å². The molecule has 4 nitrogen and oxygen atoms in total. The van der Waals surface area contributed by atoms with Crippen molar-refractivity contribution in [3.05, 3.63) is 11.6 Å². The average molecular weight is 184 g/mol. The van der Waals surface area contributed by atoms with Gasteiger partial charge in [0.15, 0.2) is 0 Å². The molecule has 1 fully saturated rings. The number of ether oxygens (including phenoxy) is 1. The number of hydrogen-bond donors (Lipinski definition) is 1. The Kier molecular flexibility index (Phi) is 3.19. The van der Waals surface area contributed by atoms with E-state index in [1.54, 1.807) is 6.08 Å². The molecule has 72 valence electrons. The van der Waals surface area contributed by atoms with Gasteiger partial charge in [-0.2, -0.15) is 0 Å². The van der Waals surface area contributed by atoms with Crippen LogP contribution in [-0.2, 0) is 14.3 Å². The summed E-state index contributed by atoms with van der Waals surface area (Å²) in [6.45, 7) is 2.04. The van der Waals surface area contributed by atoms with Crippen LogP contribution in [0.1, 0.15) is 13.3 Å². The molecule has 1 heterocycles. The molecule has 1 N–H and O–H groups in total. The number of rotatable bonds is 3. The first kappa shape index (κ1) is 9.92. The maximum Gasteiger partial charge on any atom is 0.330 e. The van der Waals surface area contributed by atoms with Crippen LogP contribution in [0.4, 0.5) is 0 Å². The lowest BCUT2D eigenvalue weighted by Gasteiger charge is -2.07. The zero-order valence-electron chi connectivity index (χ0n) is 7.40. The van der Waals surface area contributed by atoms with Crippen molar-refractivity contribution in [2.75, 3.05) is 6.61 Å². The number of carboxylic acids is 1. The zero-order chi connectivity index (χ0) is 9.84. The van der Waals surface area contributed by atoms with Gasteiger partial charge in [-0.05, 0) is 13.3 Å². The fourth-order valence-electron chi connectivity index (χ4n) is 1.34. The van der Waals surface area contributed by atoms with E-state index in [0.717, 1.165) is 6.29 Å². The SMILES string of the molecule is CC(=CC1CCOC1C=O)C(=O)O. The van der Waals surface area contributed by atoms with Gasteiger partial charge < -0.3 is 14.6 Å². The van der Waals surface area contributed by atoms with Crippen molar-refractivity contribution in [1.29, 1.82) is 0 Å². The number of carboxylic acid groups (broad SMARTS) is 1. The Bertz CT molecular complexity index is 244. The predicted octanol–water partition coefficient (Wildman–Crippen LogP) is 0.621. The molecule has 0 amide bonds. The van der Waals surface area contributed by atoms with Crippen LogP contribution in [0.2, 0.25) is 0 Å².